The van der Waals surface area contributed by atoms with Gasteiger partial charge in [-0.3, -0.25) is 4.98 Å². The van der Waals surface area contributed by atoms with Gasteiger partial charge in [0.2, 0.25) is 7.28 Å². The van der Waals surface area contributed by atoms with E-state index in [2.05, 4.69) is 139 Å². The van der Waals surface area contributed by atoms with Crippen molar-refractivity contribution in [3.8, 4) is 0 Å². The van der Waals surface area contributed by atoms with Crippen LogP contribution in [-0.2, 0) is 6.17 Å². The predicted molar refractivity (Wildman–Crippen MR) is 171 cm³/mol. The SMILES string of the molecule is CC(CCC[SiH2]Cn1ccnc1BC(c1ccccc1)c1ccccc1)=C(c1ccccc1)c1ccccc1. The quantitative estimate of drug-likeness (QED) is 0.133. The lowest BCUT2D eigenvalue weighted by molar-refractivity contribution is 0.861. The van der Waals surface area contributed by atoms with Gasteiger partial charge >= 0.3 is 0 Å². The molecule has 0 N–H and O–H groups in total. The first-order valence-electron chi connectivity index (χ1n) is 14.2. The summed E-state index contributed by atoms with van der Waals surface area (Å²) in [4.78, 5) is 4.80. The van der Waals surface area contributed by atoms with Crippen molar-refractivity contribution in [3.05, 3.63) is 162 Å². The number of hydrogen-bond donors (Lipinski definition) is 0. The Labute approximate surface area is 236 Å². The lowest BCUT2D eigenvalue weighted by atomic mass is 9.58. The van der Waals surface area contributed by atoms with Crippen molar-refractivity contribution in [1.82, 2.24) is 9.55 Å². The molecule has 5 aromatic rings. The monoisotopic (exact) mass is 524 g/mol. The Kier molecular flexibility index (Phi) is 9.43. The molecule has 0 saturated carbocycles. The number of rotatable bonds is 12. The van der Waals surface area contributed by atoms with E-state index >= 15 is 0 Å². The smallest absolute Gasteiger partial charge is 0.217 e. The van der Waals surface area contributed by atoms with Gasteiger partial charge in [0.15, 0.2) is 0 Å². The van der Waals surface area contributed by atoms with E-state index in [1.165, 1.54) is 51.6 Å². The van der Waals surface area contributed by atoms with Crippen LogP contribution in [-0.4, -0.2) is 26.4 Å². The molecule has 1 aromatic heterocycles. The number of hydrogen-bond acceptors (Lipinski definition) is 1. The van der Waals surface area contributed by atoms with Gasteiger partial charge in [0.25, 0.3) is 0 Å². The molecular weight excluding hydrogens is 487 g/mol. The molecule has 0 fully saturated rings. The average Bonchev–Trinajstić information content (AvgIpc) is 3.45. The lowest BCUT2D eigenvalue weighted by Gasteiger charge is -2.18. The maximum Gasteiger partial charge on any atom is 0.217 e. The molecular formula is C35H37BN2Si. The van der Waals surface area contributed by atoms with Crippen LogP contribution < -0.4 is 5.72 Å². The minimum Gasteiger partial charge on any atom is -0.347 e. The molecule has 0 aliphatic rings. The molecule has 0 aliphatic heterocycles. The molecule has 194 valence electrons. The summed E-state index contributed by atoms with van der Waals surface area (Å²) in [5.41, 5.74) is 9.41. The van der Waals surface area contributed by atoms with Crippen molar-refractivity contribution in [1.29, 1.82) is 0 Å². The fraction of sp³-hybridized carbons (Fsp3) is 0.171. The summed E-state index contributed by atoms with van der Waals surface area (Å²) in [6.07, 6.45) is 7.71. The van der Waals surface area contributed by atoms with Gasteiger partial charge in [0.05, 0.1) is 5.72 Å². The second-order valence-electron chi connectivity index (χ2n) is 10.3. The van der Waals surface area contributed by atoms with E-state index in [1.807, 2.05) is 6.20 Å². The topological polar surface area (TPSA) is 17.8 Å². The summed E-state index contributed by atoms with van der Waals surface area (Å²) in [5.74, 6) is 0.317. The molecule has 39 heavy (non-hydrogen) atoms. The van der Waals surface area contributed by atoms with Gasteiger partial charge in [-0.25, -0.2) is 0 Å². The summed E-state index contributed by atoms with van der Waals surface area (Å²) in [5, 5.41) is 0. The Morgan fingerprint density at radius 3 is 1.79 bits per heavy atom. The average molecular weight is 525 g/mol. The Hall–Kier alpha value is -3.89. The summed E-state index contributed by atoms with van der Waals surface area (Å²) in [6, 6.07) is 44.8. The van der Waals surface area contributed by atoms with Gasteiger partial charge in [-0.2, -0.15) is 0 Å². The highest BCUT2D eigenvalue weighted by atomic mass is 28.2. The normalized spacial score (nSPS) is 11.2. The zero-order chi connectivity index (χ0) is 26.7. The van der Waals surface area contributed by atoms with Gasteiger partial charge in [-0.1, -0.05) is 139 Å². The van der Waals surface area contributed by atoms with E-state index < -0.39 is 0 Å². The number of allylic oxidation sites excluding steroid dienone is 1. The molecule has 0 saturated heterocycles. The Balaban J connectivity index is 1.21. The van der Waals surface area contributed by atoms with Crippen LogP contribution in [0, 0.1) is 0 Å². The molecule has 0 unspecified atom stereocenters. The first kappa shape index (κ1) is 26.7. The van der Waals surface area contributed by atoms with Crippen molar-refractivity contribution in [2.24, 2.45) is 0 Å². The zero-order valence-electron chi connectivity index (χ0n) is 22.9. The van der Waals surface area contributed by atoms with Gasteiger partial charge in [-0.05, 0) is 47.0 Å². The summed E-state index contributed by atoms with van der Waals surface area (Å²) in [7, 11) is 0.694. The third-order valence-corrected chi connectivity index (χ3v) is 9.39. The summed E-state index contributed by atoms with van der Waals surface area (Å²) >= 11 is 0. The fourth-order valence-corrected chi connectivity index (χ4v) is 7.13. The molecule has 5 rings (SSSR count). The molecule has 0 aliphatic carbocycles. The number of nitrogens with zero attached hydrogens (tertiary/aromatic N) is 2. The Morgan fingerprint density at radius 1 is 0.744 bits per heavy atom. The standard InChI is InChI=1S/C35H37BN2Si/c1-28(33(29-16-6-2-7-17-29)30-18-8-3-9-19-30)15-14-26-39-27-38-25-24-37-35(38)36-34(31-20-10-4-11-21-31)32-22-12-5-13-23-32/h2-13,16-25,34,36H,14-15,26-27,39H2,1H3. The van der Waals surface area contributed by atoms with Gasteiger partial charge in [0.1, 0.15) is 0 Å². The first-order valence-corrected chi connectivity index (χ1v) is 16.2. The molecule has 0 amide bonds. The van der Waals surface area contributed by atoms with E-state index in [0.29, 0.717) is 5.82 Å². The first-order chi connectivity index (χ1) is 19.3. The molecule has 0 bridgehead atoms. The van der Waals surface area contributed by atoms with Crippen molar-refractivity contribution >= 4 is 28.1 Å². The van der Waals surface area contributed by atoms with Gasteiger partial charge in [0, 0.05) is 28.1 Å². The highest BCUT2D eigenvalue weighted by Crippen LogP contribution is 2.29. The summed E-state index contributed by atoms with van der Waals surface area (Å²) < 4.78 is 2.42. The molecule has 1 heterocycles. The maximum atomic E-state index is 4.80. The predicted octanol–water partition coefficient (Wildman–Crippen LogP) is 6.58. The third kappa shape index (κ3) is 7.16. The number of benzene rings is 4. The zero-order valence-corrected chi connectivity index (χ0v) is 24.3. The van der Waals surface area contributed by atoms with Gasteiger partial charge in [-0.15, -0.1) is 0 Å². The second kappa shape index (κ2) is 13.8. The molecule has 0 spiro atoms. The molecule has 2 nitrogen and oxygen atoms in total. The van der Waals surface area contributed by atoms with Crippen molar-refractivity contribution in [2.45, 2.75) is 37.8 Å². The molecule has 4 heteroatoms. The van der Waals surface area contributed by atoms with E-state index in [4.69, 9.17) is 4.98 Å². The third-order valence-electron chi connectivity index (χ3n) is 7.59. The van der Waals surface area contributed by atoms with Crippen LogP contribution in [0.5, 0.6) is 0 Å². The van der Waals surface area contributed by atoms with Crippen LogP contribution >= 0.6 is 0 Å². The molecule has 0 radical (unpaired) electrons. The fourth-order valence-electron chi connectivity index (χ4n) is 5.56. The highest BCUT2D eigenvalue weighted by Gasteiger charge is 2.19. The van der Waals surface area contributed by atoms with Crippen molar-refractivity contribution in [3.63, 3.8) is 0 Å². The number of aromatic nitrogens is 2. The van der Waals surface area contributed by atoms with Crippen molar-refractivity contribution in [2.75, 3.05) is 0 Å². The number of imidazole rings is 1. The van der Waals surface area contributed by atoms with E-state index in [-0.39, 0.29) is 9.52 Å². The van der Waals surface area contributed by atoms with Gasteiger partial charge < -0.3 is 4.57 Å². The minimum atomic E-state index is -0.231. The van der Waals surface area contributed by atoms with E-state index in [9.17, 15) is 0 Å². The van der Waals surface area contributed by atoms with Crippen LogP contribution in [0.2, 0.25) is 6.04 Å². The largest absolute Gasteiger partial charge is 0.347 e. The van der Waals surface area contributed by atoms with Crippen LogP contribution in [0.1, 0.15) is 47.8 Å². The van der Waals surface area contributed by atoms with E-state index in [1.54, 1.807) is 0 Å². The molecule has 0 atom stereocenters. The van der Waals surface area contributed by atoms with Crippen LogP contribution in [0.3, 0.4) is 0 Å². The minimum absolute atomic E-state index is 0.231. The highest BCUT2D eigenvalue weighted by molar-refractivity contribution is 6.54. The Morgan fingerprint density at radius 2 is 1.26 bits per heavy atom. The van der Waals surface area contributed by atoms with Crippen LogP contribution in [0.25, 0.3) is 5.57 Å². The van der Waals surface area contributed by atoms with E-state index in [0.717, 1.165) is 19.9 Å². The molecule has 4 aromatic carbocycles. The van der Waals surface area contributed by atoms with Crippen molar-refractivity contribution < 1.29 is 0 Å². The van der Waals surface area contributed by atoms with Crippen LogP contribution in [0.15, 0.2) is 139 Å². The lowest BCUT2D eigenvalue weighted by Crippen LogP contribution is -2.32. The Bertz CT molecular complexity index is 1370. The maximum absolute atomic E-state index is 4.80. The van der Waals surface area contributed by atoms with Crippen LogP contribution in [0.4, 0.5) is 0 Å². The summed E-state index contributed by atoms with van der Waals surface area (Å²) in [6.45, 7) is 2.32. The second-order valence-corrected chi connectivity index (χ2v) is 12.2.